The molecule has 0 radical (unpaired) electrons. The van der Waals surface area contributed by atoms with E-state index in [1.165, 1.54) is 3.57 Å². The van der Waals surface area contributed by atoms with Crippen molar-refractivity contribution in [1.82, 2.24) is 9.78 Å². The molecule has 2 rings (SSSR count). The van der Waals surface area contributed by atoms with Crippen LogP contribution in [-0.4, -0.2) is 14.9 Å². The summed E-state index contributed by atoms with van der Waals surface area (Å²) in [5.74, 6) is 0. The Bertz CT molecular complexity index is 551. The maximum Gasteiger partial charge on any atom is 0.0845 e. The fourth-order valence-corrected chi connectivity index (χ4v) is 2.75. The fraction of sp³-hybridized carbons (Fsp3) is 0.308. The summed E-state index contributed by atoms with van der Waals surface area (Å²) in [4.78, 5) is 0. The summed E-state index contributed by atoms with van der Waals surface area (Å²) in [6, 6.07) is 7.93. The zero-order valence-corrected chi connectivity index (χ0v) is 13.9. The standard InChI is InChI=1S/C13H14BrIN2O/c1-8-13(14)11(17(2)16-8)7-12(18)9-3-5-10(15)6-4-9/h3-6,12,18H,7H2,1-2H3. The largest absolute Gasteiger partial charge is 0.388 e. The first kappa shape index (κ1) is 14.0. The minimum Gasteiger partial charge on any atom is -0.388 e. The molecule has 0 aliphatic carbocycles. The maximum absolute atomic E-state index is 10.3. The van der Waals surface area contributed by atoms with Crippen LogP contribution in [0.4, 0.5) is 0 Å². The Balaban J connectivity index is 2.21. The molecule has 1 unspecified atom stereocenters. The van der Waals surface area contributed by atoms with Gasteiger partial charge >= 0.3 is 0 Å². The van der Waals surface area contributed by atoms with Crippen LogP contribution in [0.15, 0.2) is 28.7 Å². The van der Waals surface area contributed by atoms with Gasteiger partial charge < -0.3 is 5.11 Å². The molecular weight excluding hydrogens is 407 g/mol. The minimum absolute atomic E-state index is 0.506. The van der Waals surface area contributed by atoms with Crippen molar-refractivity contribution in [2.24, 2.45) is 7.05 Å². The highest BCUT2D eigenvalue weighted by Crippen LogP contribution is 2.26. The van der Waals surface area contributed by atoms with Gasteiger partial charge in [0.2, 0.25) is 0 Å². The first-order chi connectivity index (χ1) is 8.49. The summed E-state index contributed by atoms with van der Waals surface area (Å²) in [5, 5.41) is 14.6. The van der Waals surface area contributed by atoms with Gasteiger partial charge in [-0.3, -0.25) is 4.68 Å². The monoisotopic (exact) mass is 420 g/mol. The Kier molecular flexibility index (Phi) is 4.45. The lowest BCUT2D eigenvalue weighted by atomic mass is 10.0. The van der Waals surface area contributed by atoms with Gasteiger partial charge in [0.1, 0.15) is 0 Å². The molecule has 0 saturated heterocycles. The quantitative estimate of drug-likeness (QED) is 0.773. The van der Waals surface area contributed by atoms with Crippen molar-refractivity contribution in [3.05, 3.63) is 49.3 Å². The molecule has 0 bridgehead atoms. The Morgan fingerprint density at radius 1 is 1.39 bits per heavy atom. The van der Waals surface area contributed by atoms with Crippen LogP contribution < -0.4 is 0 Å². The smallest absolute Gasteiger partial charge is 0.0845 e. The molecule has 1 aromatic heterocycles. The molecule has 0 spiro atoms. The van der Waals surface area contributed by atoms with Crippen LogP contribution in [0, 0.1) is 10.5 Å². The summed E-state index contributed by atoms with van der Waals surface area (Å²) < 4.78 is 3.96. The predicted molar refractivity (Wildman–Crippen MR) is 83.5 cm³/mol. The molecule has 0 fully saturated rings. The van der Waals surface area contributed by atoms with E-state index < -0.39 is 6.10 Å². The predicted octanol–water partition coefficient (Wildman–Crippen LogP) is 3.37. The second-order valence-electron chi connectivity index (χ2n) is 4.24. The van der Waals surface area contributed by atoms with Crippen LogP contribution in [0.25, 0.3) is 0 Å². The average Bonchev–Trinajstić information content (AvgIpc) is 2.57. The third-order valence-electron chi connectivity index (χ3n) is 2.90. The van der Waals surface area contributed by atoms with Crippen LogP contribution in [0.1, 0.15) is 23.1 Å². The topological polar surface area (TPSA) is 38.0 Å². The van der Waals surface area contributed by atoms with Crippen molar-refractivity contribution >= 4 is 38.5 Å². The molecular formula is C13H14BrIN2O. The molecule has 1 atom stereocenters. The van der Waals surface area contributed by atoms with Crippen LogP contribution in [0.5, 0.6) is 0 Å². The number of rotatable bonds is 3. The SMILES string of the molecule is Cc1nn(C)c(CC(O)c2ccc(I)cc2)c1Br. The van der Waals surface area contributed by atoms with Gasteiger partial charge in [0, 0.05) is 17.0 Å². The van der Waals surface area contributed by atoms with Crippen molar-refractivity contribution in [3.63, 3.8) is 0 Å². The Labute approximate surface area is 128 Å². The van der Waals surface area contributed by atoms with E-state index in [1.54, 1.807) is 0 Å². The number of benzene rings is 1. The molecule has 96 valence electrons. The maximum atomic E-state index is 10.3. The number of nitrogens with zero attached hydrogens (tertiary/aromatic N) is 2. The number of hydrogen-bond acceptors (Lipinski definition) is 2. The summed E-state index contributed by atoms with van der Waals surface area (Å²) in [5.41, 5.74) is 2.89. The van der Waals surface area contributed by atoms with Crippen molar-refractivity contribution in [2.45, 2.75) is 19.4 Å². The molecule has 0 aliphatic heterocycles. The number of aryl methyl sites for hydroxylation is 2. The van der Waals surface area contributed by atoms with E-state index in [2.05, 4.69) is 43.6 Å². The molecule has 1 heterocycles. The molecule has 0 aliphatic rings. The van der Waals surface area contributed by atoms with Crippen LogP contribution >= 0.6 is 38.5 Å². The molecule has 3 nitrogen and oxygen atoms in total. The van der Waals surface area contributed by atoms with E-state index in [0.29, 0.717) is 6.42 Å². The van der Waals surface area contributed by atoms with Gasteiger partial charge in [-0.15, -0.1) is 0 Å². The lowest BCUT2D eigenvalue weighted by molar-refractivity contribution is 0.175. The van der Waals surface area contributed by atoms with Crippen molar-refractivity contribution in [3.8, 4) is 0 Å². The highest BCUT2D eigenvalue weighted by Gasteiger charge is 2.16. The van der Waals surface area contributed by atoms with Gasteiger partial charge in [-0.1, -0.05) is 12.1 Å². The van der Waals surface area contributed by atoms with Gasteiger partial charge in [-0.25, -0.2) is 0 Å². The van der Waals surface area contributed by atoms with Crippen molar-refractivity contribution < 1.29 is 5.11 Å². The fourth-order valence-electron chi connectivity index (χ4n) is 1.89. The van der Waals surface area contributed by atoms with Gasteiger partial charge in [0.15, 0.2) is 0 Å². The Morgan fingerprint density at radius 2 is 2.00 bits per heavy atom. The van der Waals surface area contributed by atoms with E-state index in [4.69, 9.17) is 0 Å². The normalized spacial score (nSPS) is 12.7. The van der Waals surface area contributed by atoms with Crippen LogP contribution in [0.2, 0.25) is 0 Å². The second kappa shape index (κ2) is 5.71. The number of aliphatic hydroxyl groups is 1. The summed E-state index contributed by atoms with van der Waals surface area (Å²) in [7, 11) is 1.90. The molecule has 1 aromatic carbocycles. The molecule has 2 aromatic rings. The average molecular weight is 421 g/mol. The third kappa shape index (κ3) is 2.95. The van der Waals surface area contributed by atoms with E-state index in [9.17, 15) is 5.11 Å². The van der Waals surface area contributed by atoms with E-state index in [0.717, 1.165) is 21.4 Å². The number of aliphatic hydroxyl groups excluding tert-OH is 1. The third-order valence-corrected chi connectivity index (χ3v) is 4.65. The number of halogens is 2. The highest BCUT2D eigenvalue weighted by molar-refractivity contribution is 14.1. The van der Waals surface area contributed by atoms with Crippen molar-refractivity contribution in [2.75, 3.05) is 0 Å². The summed E-state index contributed by atoms with van der Waals surface area (Å²) in [6.07, 6.45) is 0.0477. The minimum atomic E-state index is -0.506. The van der Waals surface area contributed by atoms with Gasteiger partial charge in [-0.05, 0) is 63.1 Å². The lowest BCUT2D eigenvalue weighted by Gasteiger charge is -2.11. The van der Waals surface area contributed by atoms with Gasteiger partial charge in [-0.2, -0.15) is 5.10 Å². The van der Waals surface area contributed by atoms with Crippen molar-refractivity contribution in [1.29, 1.82) is 0 Å². The Hall–Kier alpha value is -0.400. The second-order valence-corrected chi connectivity index (χ2v) is 6.28. The zero-order valence-electron chi connectivity index (χ0n) is 10.2. The van der Waals surface area contributed by atoms with E-state index in [-0.39, 0.29) is 0 Å². The molecule has 1 N–H and O–H groups in total. The van der Waals surface area contributed by atoms with Gasteiger partial charge in [0.25, 0.3) is 0 Å². The van der Waals surface area contributed by atoms with Crippen LogP contribution in [-0.2, 0) is 13.5 Å². The highest BCUT2D eigenvalue weighted by atomic mass is 127. The first-order valence-electron chi connectivity index (χ1n) is 5.60. The van der Waals surface area contributed by atoms with E-state index in [1.807, 2.05) is 42.9 Å². The van der Waals surface area contributed by atoms with Gasteiger partial charge in [0.05, 0.1) is 22.0 Å². The lowest BCUT2D eigenvalue weighted by Crippen LogP contribution is -2.07. The Morgan fingerprint density at radius 3 is 2.50 bits per heavy atom. The first-order valence-corrected chi connectivity index (χ1v) is 7.47. The summed E-state index contributed by atoms with van der Waals surface area (Å²) >= 11 is 5.77. The number of aromatic nitrogens is 2. The number of hydrogen-bond donors (Lipinski definition) is 1. The molecule has 5 heteroatoms. The molecule has 0 amide bonds. The zero-order chi connectivity index (χ0) is 13.3. The summed E-state index contributed by atoms with van der Waals surface area (Å²) in [6.45, 7) is 1.95. The molecule has 18 heavy (non-hydrogen) atoms. The van der Waals surface area contributed by atoms with Crippen LogP contribution in [0.3, 0.4) is 0 Å². The molecule has 0 saturated carbocycles. The van der Waals surface area contributed by atoms with E-state index >= 15 is 0 Å².